The number of fused-ring (bicyclic) bond motifs is 2. The van der Waals surface area contributed by atoms with E-state index in [-0.39, 0.29) is 14.7 Å². The summed E-state index contributed by atoms with van der Waals surface area (Å²) in [6, 6.07) is 17.7. The molecule has 3 aromatic carbocycles. The van der Waals surface area contributed by atoms with E-state index >= 15 is 0 Å². The second-order valence-electron chi connectivity index (χ2n) is 8.10. The number of aliphatic hydroxyl groups is 1. The van der Waals surface area contributed by atoms with Crippen molar-refractivity contribution in [3.05, 3.63) is 89.0 Å². The Morgan fingerprint density at radius 2 is 1.53 bits per heavy atom. The first-order valence-electron chi connectivity index (χ1n) is 10.3. The van der Waals surface area contributed by atoms with Crippen LogP contribution >= 0.6 is 0 Å². The van der Waals surface area contributed by atoms with Crippen molar-refractivity contribution < 1.29 is 21.9 Å². The van der Waals surface area contributed by atoms with Crippen molar-refractivity contribution in [2.75, 3.05) is 0 Å². The van der Waals surface area contributed by atoms with Crippen LogP contribution in [0.25, 0.3) is 0 Å². The molecule has 0 spiro atoms. The van der Waals surface area contributed by atoms with E-state index in [1.54, 1.807) is 68.4 Å². The van der Waals surface area contributed by atoms with Crippen molar-refractivity contribution in [3.8, 4) is 0 Å². The fourth-order valence-electron chi connectivity index (χ4n) is 4.14. The van der Waals surface area contributed by atoms with Gasteiger partial charge < -0.3 is 5.11 Å². The number of benzene rings is 3. The molecule has 0 amide bonds. The van der Waals surface area contributed by atoms with Crippen LogP contribution in [0.3, 0.4) is 0 Å². The molecule has 6 nitrogen and oxygen atoms in total. The first kappa shape index (κ1) is 22.7. The monoisotopic (exact) mass is 471 g/mol. The normalized spacial score (nSPS) is 17.0. The van der Waals surface area contributed by atoms with Gasteiger partial charge in [-0.25, -0.2) is 21.6 Å². The van der Waals surface area contributed by atoms with Gasteiger partial charge in [-0.05, 0) is 61.1 Å². The lowest BCUT2D eigenvalue weighted by Crippen LogP contribution is -2.37. The van der Waals surface area contributed by atoms with Crippen LogP contribution in [0.1, 0.15) is 35.3 Å². The summed E-state index contributed by atoms with van der Waals surface area (Å²) in [5.41, 5.74) is 2.37. The minimum absolute atomic E-state index is 0.0182. The molecule has 1 aliphatic rings. The highest BCUT2D eigenvalue weighted by atomic mass is 32.2. The third kappa shape index (κ3) is 4.11. The standard InChI is InChI=1S/C24H25NO5S2/c1-16-14-20-13-12-18-8-6-7-11-21(18)31(27,28)23(20)15-22(16)32(29,30)25-17(2)24(26)19-9-4-3-5-10-19/h3-11,14-15,17,24-26H,12-13H2,1-2H3. The Morgan fingerprint density at radius 1 is 0.906 bits per heavy atom. The molecule has 0 saturated carbocycles. The maximum atomic E-state index is 13.4. The maximum absolute atomic E-state index is 13.4. The Hall–Kier alpha value is -2.52. The largest absolute Gasteiger partial charge is 0.387 e. The molecule has 0 radical (unpaired) electrons. The second-order valence-corrected chi connectivity index (χ2v) is 11.7. The summed E-state index contributed by atoms with van der Waals surface area (Å²) in [7, 11) is -7.96. The number of nitrogens with one attached hydrogen (secondary N) is 1. The molecule has 2 unspecified atom stereocenters. The van der Waals surface area contributed by atoms with Gasteiger partial charge in [-0.2, -0.15) is 0 Å². The van der Waals surface area contributed by atoms with E-state index in [0.29, 0.717) is 29.5 Å². The number of aryl methyl sites for hydroxylation is 3. The Balaban J connectivity index is 1.73. The summed E-state index contributed by atoms with van der Waals surface area (Å²) in [5, 5.41) is 10.6. The van der Waals surface area contributed by atoms with E-state index in [2.05, 4.69) is 4.72 Å². The van der Waals surface area contributed by atoms with Crippen molar-refractivity contribution in [2.24, 2.45) is 0 Å². The average Bonchev–Trinajstić information content (AvgIpc) is 2.87. The molecule has 0 bridgehead atoms. The third-order valence-electron chi connectivity index (χ3n) is 5.82. The molecule has 8 heteroatoms. The van der Waals surface area contributed by atoms with Gasteiger partial charge in [0.15, 0.2) is 0 Å². The Labute approximate surface area is 188 Å². The topological polar surface area (TPSA) is 101 Å². The van der Waals surface area contributed by atoms with Crippen LogP contribution in [-0.4, -0.2) is 28.0 Å². The molecular weight excluding hydrogens is 446 g/mol. The summed E-state index contributed by atoms with van der Waals surface area (Å²) < 4.78 is 55.7. The first-order chi connectivity index (χ1) is 15.1. The van der Waals surface area contributed by atoms with Crippen LogP contribution in [0, 0.1) is 6.92 Å². The molecule has 0 saturated heterocycles. The quantitative estimate of drug-likeness (QED) is 0.595. The molecule has 3 aromatic rings. The minimum Gasteiger partial charge on any atom is -0.387 e. The fraction of sp³-hybridized carbons (Fsp3) is 0.250. The predicted octanol–water partition coefficient (Wildman–Crippen LogP) is 3.33. The van der Waals surface area contributed by atoms with E-state index < -0.39 is 32.0 Å². The lowest BCUT2D eigenvalue weighted by atomic mass is 10.0. The molecular formula is C24H25NO5S2. The van der Waals surface area contributed by atoms with Crippen LogP contribution in [0.4, 0.5) is 0 Å². The molecule has 168 valence electrons. The summed E-state index contributed by atoms with van der Waals surface area (Å²) >= 11 is 0. The number of rotatable bonds is 5. The zero-order valence-electron chi connectivity index (χ0n) is 17.8. The molecule has 0 aromatic heterocycles. The van der Waals surface area contributed by atoms with Crippen molar-refractivity contribution in [1.29, 1.82) is 0 Å². The molecule has 2 N–H and O–H groups in total. The zero-order valence-corrected chi connectivity index (χ0v) is 19.4. The van der Waals surface area contributed by atoms with Crippen molar-refractivity contribution in [2.45, 2.75) is 53.5 Å². The Morgan fingerprint density at radius 3 is 2.25 bits per heavy atom. The lowest BCUT2D eigenvalue weighted by molar-refractivity contribution is 0.146. The summed E-state index contributed by atoms with van der Waals surface area (Å²) in [5.74, 6) is 0. The van der Waals surface area contributed by atoms with E-state index in [1.807, 2.05) is 6.07 Å². The molecule has 4 rings (SSSR count). The number of hydrogen-bond acceptors (Lipinski definition) is 5. The second kappa shape index (κ2) is 8.44. The zero-order chi connectivity index (χ0) is 23.1. The van der Waals surface area contributed by atoms with Crippen LogP contribution in [0.15, 0.2) is 81.4 Å². The van der Waals surface area contributed by atoms with Gasteiger partial charge in [-0.15, -0.1) is 0 Å². The van der Waals surface area contributed by atoms with Gasteiger partial charge >= 0.3 is 0 Å². The van der Waals surface area contributed by atoms with Gasteiger partial charge in [0.2, 0.25) is 19.9 Å². The van der Waals surface area contributed by atoms with Crippen LogP contribution in [0.5, 0.6) is 0 Å². The van der Waals surface area contributed by atoms with Crippen molar-refractivity contribution >= 4 is 19.9 Å². The number of sulfone groups is 1. The van der Waals surface area contributed by atoms with Crippen molar-refractivity contribution in [3.63, 3.8) is 0 Å². The average molecular weight is 472 g/mol. The maximum Gasteiger partial charge on any atom is 0.241 e. The number of hydrogen-bond donors (Lipinski definition) is 2. The van der Waals surface area contributed by atoms with Crippen LogP contribution in [-0.2, 0) is 32.7 Å². The highest BCUT2D eigenvalue weighted by molar-refractivity contribution is 7.92. The van der Waals surface area contributed by atoms with E-state index in [1.165, 1.54) is 6.07 Å². The minimum atomic E-state index is -4.09. The van der Waals surface area contributed by atoms with Gasteiger partial charge in [0.1, 0.15) is 0 Å². The van der Waals surface area contributed by atoms with Crippen LogP contribution in [0.2, 0.25) is 0 Å². The molecule has 0 fully saturated rings. The summed E-state index contributed by atoms with van der Waals surface area (Å²) in [6.07, 6.45) is 0.0122. The molecule has 32 heavy (non-hydrogen) atoms. The predicted molar refractivity (Wildman–Crippen MR) is 122 cm³/mol. The van der Waals surface area contributed by atoms with E-state index in [4.69, 9.17) is 0 Å². The number of aliphatic hydroxyl groups excluding tert-OH is 1. The van der Waals surface area contributed by atoms with Gasteiger partial charge in [-0.3, -0.25) is 0 Å². The molecule has 1 aliphatic heterocycles. The first-order valence-corrected chi connectivity index (χ1v) is 13.3. The van der Waals surface area contributed by atoms with Crippen LogP contribution < -0.4 is 4.72 Å². The van der Waals surface area contributed by atoms with Gasteiger partial charge in [0.25, 0.3) is 0 Å². The van der Waals surface area contributed by atoms with Gasteiger partial charge in [-0.1, -0.05) is 54.6 Å². The fourth-order valence-corrected chi connectivity index (χ4v) is 7.50. The molecule has 2 atom stereocenters. The highest BCUT2D eigenvalue weighted by Crippen LogP contribution is 2.34. The SMILES string of the molecule is Cc1cc2c(cc1S(=O)(=O)NC(C)C(O)c1ccccc1)S(=O)(=O)c1ccccc1CC2. The molecule has 0 aliphatic carbocycles. The summed E-state index contributed by atoms with van der Waals surface area (Å²) in [6.45, 7) is 3.22. The summed E-state index contributed by atoms with van der Waals surface area (Å²) in [4.78, 5) is 0.128. The number of sulfonamides is 1. The van der Waals surface area contributed by atoms with Gasteiger partial charge in [0.05, 0.1) is 20.8 Å². The Kier molecular flexibility index (Phi) is 5.98. The van der Waals surface area contributed by atoms with Gasteiger partial charge in [0, 0.05) is 6.04 Å². The Bertz CT molecular complexity index is 1370. The van der Waals surface area contributed by atoms with E-state index in [9.17, 15) is 21.9 Å². The molecule has 1 heterocycles. The third-order valence-corrected chi connectivity index (χ3v) is 9.46. The lowest BCUT2D eigenvalue weighted by Gasteiger charge is -2.22. The highest BCUT2D eigenvalue weighted by Gasteiger charge is 2.31. The van der Waals surface area contributed by atoms with Crippen molar-refractivity contribution in [1.82, 2.24) is 4.72 Å². The van der Waals surface area contributed by atoms with E-state index in [0.717, 1.165) is 5.56 Å². The smallest absolute Gasteiger partial charge is 0.241 e.